The van der Waals surface area contributed by atoms with Crippen LogP contribution in [-0.2, 0) is 4.74 Å². The van der Waals surface area contributed by atoms with Gasteiger partial charge in [-0.15, -0.1) is 0 Å². The van der Waals surface area contributed by atoms with E-state index in [-0.39, 0.29) is 0 Å². The summed E-state index contributed by atoms with van der Waals surface area (Å²) in [5.41, 5.74) is 1.04. The largest absolute Gasteiger partial charge is 0.376 e. The van der Waals surface area contributed by atoms with Gasteiger partial charge in [0.15, 0.2) is 5.13 Å². The molecule has 0 aliphatic carbocycles. The van der Waals surface area contributed by atoms with Crippen molar-refractivity contribution in [2.75, 3.05) is 11.9 Å². The molecule has 0 amide bonds. The van der Waals surface area contributed by atoms with Crippen LogP contribution in [0.5, 0.6) is 0 Å². The summed E-state index contributed by atoms with van der Waals surface area (Å²) in [6.07, 6.45) is 2.64. The smallest absolute Gasteiger partial charge is 0.184 e. The van der Waals surface area contributed by atoms with Crippen molar-refractivity contribution in [3.63, 3.8) is 0 Å². The number of anilines is 1. The number of benzene rings is 1. The van der Waals surface area contributed by atoms with Crippen molar-refractivity contribution in [3.05, 3.63) is 22.7 Å². The number of hydrogen-bond donors (Lipinski definition) is 1. The molecule has 1 fully saturated rings. The summed E-state index contributed by atoms with van der Waals surface area (Å²) in [5, 5.41) is 4.44. The number of rotatable bonds is 3. The van der Waals surface area contributed by atoms with Gasteiger partial charge in [-0.2, -0.15) is 0 Å². The number of ether oxygens (including phenoxy) is 1. The predicted molar refractivity (Wildman–Crippen MR) is 79.4 cm³/mol. The number of nitrogens with zero attached hydrogens (tertiary/aromatic N) is 1. The lowest BCUT2D eigenvalue weighted by atomic mass is 10.1. The molecule has 0 spiro atoms. The zero-order valence-corrected chi connectivity index (χ0v) is 12.6. The van der Waals surface area contributed by atoms with Gasteiger partial charge in [0.2, 0.25) is 0 Å². The Morgan fingerprint density at radius 2 is 2.44 bits per heavy atom. The summed E-state index contributed by atoms with van der Waals surface area (Å²) in [6, 6.07) is 6.51. The first kappa shape index (κ1) is 12.4. The van der Waals surface area contributed by atoms with Crippen LogP contribution >= 0.6 is 27.3 Å². The van der Waals surface area contributed by atoms with Crippen molar-refractivity contribution < 1.29 is 4.74 Å². The molecule has 1 aliphatic heterocycles. The third-order valence-corrected chi connectivity index (χ3v) is 4.68. The van der Waals surface area contributed by atoms with Crippen LogP contribution in [0, 0.1) is 0 Å². The Hall–Kier alpha value is -0.650. The Morgan fingerprint density at radius 3 is 3.22 bits per heavy atom. The maximum absolute atomic E-state index is 5.69. The molecule has 1 aromatic heterocycles. The highest BCUT2D eigenvalue weighted by atomic mass is 79.9. The first-order valence-corrected chi connectivity index (χ1v) is 7.77. The average molecular weight is 327 g/mol. The number of nitrogens with one attached hydrogen (secondary N) is 1. The van der Waals surface area contributed by atoms with Crippen LogP contribution in [0.4, 0.5) is 5.13 Å². The summed E-state index contributed by atoms with van der Waals surface area (Å²) in [6.45, 7) is 3.06. The fraction of sp³-hybridized carbons (Fsp3) is 0.462. The second-order valence-corrected chi connectivity index (χ2v) is 6.56. The summed E-state index contributed by atoms with van der Waals surface area (Å²) in [7, 11) is 0. The number of thiazole rings is 1. The van der Waals surface area contributed by atoms with Gasteiger partial charge in [-0.3, -0.25) is 0 Å². The minimum atomic E-state index is 0.316. The van der Waals surface area contributed by atoms with E-state index in [4.69, 9.17) is 4.74 Å². The number of aromatic nitrogens is 1. The van der Waals surface area contributed by atoms with Gasteiger partial charge >= 0.3 is 0 Å². The lowest BCUT2D eigenvalue weighted by Crippen LogP contribution is -2.29. The summed E-state index contributed by atoms with van der Waals surface area (Å²) >= 11 is 5.17. The zero-order valence-electron chi connectivity index (χ0n) is 10.1. The topological polar surface area (TPSA) is 34.2 Å². The molecule has 3 rings (SSSR count). The van der Waals surface area contributed by atoms with Crippen LogP contribution in [0.25, 0.3) is 10.2 Å². The molecule has 2 heterocycles. The average Bonchev–Trinajstić information content (AvgIpc) is 2.95. The van der Waals surface area contributed by atoms with E-state index >= 15 is 0 Å². The number of halogens is 1. The van der Waals surface area contributed by atoms with Gasteiger partial charge in [-0.05, 0) is 38.0 Å². The Balaban J connectivity index is 1.77. The minimum Gasteiger partial charge on any atom is -0.376 e. The predicted octanol–water partition coefficient (Wildman–Crippen LogP) is 4.04. The molecule has 2 atom stereocenters. The fourth-order valence-electron chi connectivity index (χ4n) is 2.25. The van der Waals surface area contributed by atoms with Crippen molar-refractivity contribution in [1.82, 2.24) is 4.98 Å². The van der Waals surface area contributed by atoms with Crippen LogP contribution in [-0.4, -0.2) is 23.7 Å². The normalized spacial score (nSPS) is 21.3. The van der Waals surface area contributed by atoms with E-state index in [2.05, 4.69) is 39.2 Å². The Morgan fingerprint density at radius 1 is 1.56 bits per heavy atom. The van der Waals surface area contributed by atoms with E-state index in [1.54, 1.807) is 11.3 Å². The van der Waals surface area contributed by atoms with Gasteiger partial charge in [0.25, 0.3) is 0 Å². The van der Waals surface area contributed by atoms with Crippen LogP contribution < -0.4 is 5.32 Å². The summed E-state index contributed by atoms with van der Waals surface area (Å²) in [4.78, 5) is 4.61. The quantitative estimate of drug-likeness (QED) is 0.924. The highest BCUT2D eigenvalue weighted by Crippen LogP contribution is 2.29. The standard InChI is InChI=1S/C13H15BrN2OS/c1-8(11-3-2-6-17-11)15-13-16-10-7-9(14)4-5-12(10)18-13/h4-5,7-8,11H,2-3,6H2,1H3,(H,15,16). The second-order valence-electron chi connectivity index (χ2n) is 4.62. The van der Waals surface area contributed by atoms with Gasteiger partial charge in [0.05, 0.1) is 22.4 Å². The molecule has 1 aromatic carbocycles. The van der Waals surface area contributed by atoms with E-state index in [1.165, 1.54) is 11.1 Å². The minimum absolute atomic E-state index is 0.316. The number of hydrogen-bond acceptors (Lipinski definition) is 4. The highest BCUT2D eigenvalue weighted by molar-refractivity contribution is 9.10. The molecular weight excluding hydrogens is 312 g/mol. The van der Waals surface area contributed by atoms with Crippen LogP contribution in [0.15, 0.2) is 22.7 Å². The van der Waals surface area contributed by atoms with Crippen LogP contribution in [0.3, 0.4) is 0 Å². The third-order valence-electron chi connectivity index (χ3n) is 3.22. The SMILES string of the molecule is CC(Nc1nc2cc(Br)ccc2s1)C1CCCO1. The van der Waals surface area contributed by atoms with Gasteiger partial charge < -0.3 is 10.1 Å². The molecular formula is C13H15BrN2OS. The van der Waals surface area contributed by atoms with Gasteiger partial charge in [0.1, 0.15) is 0 Å². The highest BCUT2D eigenvalue weighted by Gasteiger charge is 2.22. The monoisotopic (exact) mass is 326 g/mol. The maximum Gasteiger partial charge on any atom is 0.184 e. The van der Waals surface area contributed by atoms with Crippen LogP contribution in [0.1, 0.15) is 19.8 Å². The molecule has 5 heteroatoms. The fourth-order valence-corrected chi connectivity index (χ4v) is 3.54. The van der Waals surface area contributed by atoms with Crippen molar-refractivity contribution in [2.24, 2.45) is 0 Å². The molecule has 0 bridgehead atoms. The van der Waals surface area contributed by atoms with E-state index in [9.17, 15) is 0 Å². The van der Waals surface area contributed by atoms with Gasteiger partial charge in [-0.25, -0.2) is 4.98 Å². The first-order valence-electron chi connectivity index (χ1n) is 6.16. The summed E-state index contributed by atoms with van der Waals surface area (Å²) in [5.74, 6) is 0. The molecule has 3 nitrogen and oxygen atoms in total. The molecule has 1 aliphatic rings. The first-order chi connectivity index (χ1) is 8.72. The lowest BCUT2D eigenvalue weighted by molar-refractivity contribution is 0.0996. The van der Waals surface area contributed by atoms with Crippen molar-refractivity contribution in [3.8, 4) is 0 Å². The molecule has 18 heavy (non-hydrogen) atoms. The van der Waals surface area contributed by atoms with E-state index in [0.717, 1.165) is 28.1 Å². The van der Waals surface area contributed by atoms with Crippen molar-refractivity contribution in [2.45, 2.75) is 31.9 Å². The molecule has 2 aromatic rings. The zero-order chi connectivity index (χ0) is 12.5. The number of fused-ring (bicyclic) bond motifs is 1. The summed E-state index contributed by atoms with van der Waals surface area (Å²) < 4.78 is 7.96. The van der Waals surface area contributed by atoms with E-state index in [0.29, 0.717) is 12.1 Å². The molecule has 0 saturated carbocycles. The molecule has 1 N–H and O–H groups in total. The lowest BCUT2D eigenvalue weighted by Gasteiger charge is -2.19. The molecule has 2 unspecified atom stereocenters. The van der Waals surface area contributed by atoms with Crippen molar-refractivity contribution >= 4 is 42.6 Å². The van der Waals surface area contributed by atoms with Gasteiger partial charge in [0, 0.05) is 11.1 Å². The molecule has 0 radical (unpaired) electrons. The molecule has 96 valence electrons. The maximum atomic E-state index is 5.69. The Labute approximate surface area is 119 Å². The van der Waals surface area contributed by atoms with E-state index in [1.807, 2.05) is 12.1 Å². The third kappa shape index (κ3) is 2.53. The van der Waals surface area contributed by atoms with E-state index < -0.39 is 0 Å². The van der Waals surface area contributed by atoms with Crippen LogP contribution in [0.2, 0.25) is 0 Å². The second kappa shape index (κ2) is 5.15. The van der Waals surface area contributed by atoms with Gasteiger partial charge in [-0.1, -0.05) is 27.3 Å². The Kier molecular flexibility index (Phi) is 3.54. The molecule has 1 saturated heterocycles. The van der Waals surface area contributed by atoms with Crippen molar-refractivity contribution in [1.29, 1.82) is 0 Å². The Bertz CT molecular complexity index is 551.